The van der Waals surface area contributed by atoms with Crippen molar-refractivity contribution < 1.29 is 14.2 Å². The van der Waals surface area contributed by atoms with Crippen LogP contribution in [0.15, 0.2) is 72.1 Å². The van der Waals surface area contributed by atoms with E-state index in [1.807, 2.05) is 59.7 Å². The molecule has 3 heterocycles. The van der Waals surface area contributed by atoms with Gasteiger partial charge < -0.3 is 14.2 Å². The Bertz CT molecular complexity index is 1050. The highest BCUT2D eigenvalue weighted by Gasteiger charge is 2.42. The lowest BCUT2D eigenvalue weighted by Crippen LogP contribution is -2.33. The van der Waals surface area contributed by atoms with Gasteiger partial charge >= 0.3 is 0 Å². The van der Waals surface area contributed by atoms with E-state index in [-0.39, 0.29) is 12.3 Å². The minimum absolute atomic E-state index is 0.0659. The lowest BCUT2D eigenvalue weighted by atomic mass is 9.96. The number of pyridine rings is 1. The third-order valence-electron chi connectivity index (χ3n) is 5.40. The van der Waals surface area contributed by atoms with Gasteiger partial charge in [0.15, 0.2) is 11.5 Å². The van der Waals surface area contributed by atoms with Crippen molar-refractivity contribution in [2.24, 2.45) is 5.10 Å². The highest BCUT2D eigenvalue weighted by molar-refractivity contribution is 6.01. The number of nitrogens with zero attached hydrogens (tertiary/aromatic N) is 3. The van der Waals surface area contributed by atoms with Gasteiger partial charge in [0.25, 0.3) is 0 Å². The van der Waals surface area contributed by atoms with E-state index in [4.69, 9.17) is 19.3 Å². The summed E-state index contributed by atoms with van der Waals surface area (Å²) in [5.74, 6) is 2.32. The first-order chi connectivity index (χ1) is 14.3. The van der Waals surface area contributed by atoms with Gasteiger partial charge in [0.05, 0.1) is 26.0 Å². The van der Waals surface area contributed by atoms with E-state index in [9.17, 15) is 0 Å². The number of ether oxygens (including phenoxy) is 3. The summed E-state index contributed by atoms with van der Waals surface area (Å²) in [5, 5.41) is 7.00. The van der Waals surface area contributed by atoms with Crippen LogP contribution in [0.25, 0.3) is 0 Å². The Morgan fingerprint density at radius 3 is 2.59 bits per heavy atom. The SMILES string of the molecule is COc1ccc(C2Oc3c(OC)cccc3C3CC(c4cccnc4)=NN32)cc1. The Balaban J connectivity index is 1.60. The van der Waals surface area contributed by atoms with E-state index in [0.29, 0.717) is 0 Å². The molecule has 3 aromatic rings. The molecule has 0 aliphatic carbocycles. The van der Waals surface area contributed by atoms with Crippen LogP contribution in [-0.2, 0) is 0 Å². The summed E-state index contributed by atoms with van der Waals surface area (Å²) in [7, 11) is 3.33. The number of benzene rings is 2. The summed E-state index contributed by atoms with van der Waals surface area (Å²) in [6.07, 6.45) is 4.05. The second-order valence-corrected chi connectivity index (χ2v) is 7.01. The van der Waals surface area contributed by atoms with Gasteiger partial charge in [-0.3, -0.25) is 4.98 Å². The zero-order chi connectivity index (χ0) is 19.8. The van der Waals surface area contributed by atoms with Crippen LogP contribution in [-0.4, -0.2) is 29.9 Å². The predicted molar refractivity (Wildman–Crippen MR) is 109 cm³/mol. The number of hydrogen-bond acceptors (Lipinski definition) is 6. The molecule has 0 spiro atoms. The Kier molecular flexibility index (Phi) is 4.31. The van der Waals surface area contributed by atoms with Crippen LogP contribution >= 0.6 is 0 Å². The molecular formula is C23H21N3O3. The number of para-hydroxylation sites is 1. The van der Waals surface area contributed by atoms with Crippen LogP contribution in [0.5, 0.6) is 17.2 Å². The van der Waals surface area contributed by atoms with Gasteiger partial charge in [0.2, 0.25) is 6.23 Å². The van der Waals surface area contributed by atoms with E-state index in [1.165, 1.54) is 0 Å². The average Bonchev–Trinajstić information content (AvgIpc) is 3.24. The molecule has 0 saturated heterocycles. The van der Waals surface area contributed by atoms with Crippen LogP contribution in [0.2, 0.25) is 0 Å². The van der Waals surface area contributed by atoms with E-state index >= 15 is 0 Å². The van der Waals surface area contributed by atoms with Crippen LogP contribution in [0.1, 0.15) is 35.4 Å². The molecule has 0 saturated carbocycles. The summed E-state index contributed by atoms with van der Waals surface area (Å²) in [4.78, 5) is 4.25. The average molecular weight is 387 g/mol. The summed E-state index contributed by atoms with van der Waals surface area (Å²) in [6, 6.07) is 17.9. The standard InChI is InChI=1S/C23H21N3O3/c1-27-17-10-8-15(9-11-17)23-26-20(13-19(25-26)16-5-4-12-24-14-16)18-6-3-7-21(28-2)22(18)29-23/h3-12,14,20,23H,13H2,1-2H3. The molecule has 2 aliphatic heterocycles. The molecule has 1 aromatic heterocycles. The number of aromatic nitrogens is 1. The minimum Gasteiger partial charge on any atom is -0.497 e. The molecule has 0 amide bonds. The highest BCUT2D eigenvalue weighted by atomic mass is 16.5. The molecule has 6 heteroatoms. The first-order valence-corrected chi connectivity index (χ1v) is 9.52. The second-order valence-electron chi connectivity index (χ2n) is 7.01. The summed E-state index contributed by atoms with van der Waals surface area (Å²) in [6.45, 7) is 0. The van der Waals surface area contributed by atoms with Crippen molar-refractivity contribution in [2.75, 3.05) is 14.2 Å². The third-order valence-corrected chi connectivity index (χ3v) is 5.40. The Labute approximate surface area is 169 Å². The first kappa shape index (κ1) is 17.6. The maximum atomic E-state index is 6.45. The van der Waals surface area contributed by atoms with Crippen molar-refractivity contribution in [1.82, 2.24) is 9.99 Å². The van der Waals surface area contributed by atoms with Gasteiger partial charge in [-0.15, -0.1) is 0 Å². The molecule has 0 fully saturated rings. The quantitative estimate of drug-likeness (QED) is 0.667. The van der Waals surface area contributed by atoms with Crippen molar-refractivity contribution in [1.29, 1.82) is 0 Å². The van der Waals surface area contributed by atoms with Crippen molar-refractivity contribution in [3.63, 3.8) is 0 Å². The lowest BCUT2D eigenvalue weighted by Gasteiger charge is -2.38. The number of hydrogen-bond donors (Lipinski definition) is 0. The summed E-state index contributed by atoms with van der Waals surface area (Å²) < 4.78 is 17.3. The molecule has 0 radical (unpaired) electrons. The monoisotopic (exact) mass is 387 g/mol. The largest absolute Gasteiger partial charge is 0.497 e. The van der Waals surface area contributed by atoms with Gasteiger partial charge in [-0.2, -0.15) is 5.10 Å². The zero-order valence-corrected chi connectivity index (χ0v) is 16.3. The molecule has 2 aliphatic rings. The molecule has 2 aromatic carbocycles. The molecular weight excluding hydrogens is 366 g/mol. The lowest BCUT2D eigenvalue weighted by molar-refractivity contribution is -0.0209. The van der Waals surface area contributed by atoms with Gasteiger partial charge in [-0.05, 0) is 36.4 Å². The smallest absolute Gasteiger partial charge is 0.214 e. The molecule has 6 nitrogen and oxygen atoms in total. The topological polar surface area (TPSA) is 56.2 Å². The second kappa shape index (κ2) is 7.13. The van der Waals surface area contributed by atoms with E-state index in [2.05, 4.69) is 11.1 Å². The summed E-state index contributed by atoms with van der Waals surface area (Å²) in [5.41, 5.74) is 4.11. The van der Waals surface area contributed by atoms with Crippen molar-refractivity contribution in [3.05, 3.63) is 83.7 Å². The Hall–Kier alpha value is -3.54. The van der Waals surface area contributed by atoms with Crippen LogP contribution in [0, 0.1) is 0 Å². The maximum absolute atomic E-state index is 6.45. The van der Waals surface area contributed by atoms with Crippen molar-refractivity contribution >= 4 is 5.71 Å². The number of fused-ring (bicyclic) bond motifs is 3. The molecule has 2 atom stereocenters. The third kappa shape index (κ3) is 2.97. The van der Waals surface area contributed by atoms with Gasteiger partial charge in [0, 0.05) is 35.5 Å². The minimum atomic E-state index is -0.358. The normalized spacial score (nSPS) is 19.7. The molecule has 0 N–H and O–H groups in total. The fourth-order valence-electron chi connectivity index (χ4n) is 3.94. The maximum Gasteiger partial charge on any atom is 0.214 e. The molecule has 0 bridgehead atoms. The number of hydrazone groups is 1. The molecule has 29 heavy (non-hydrogen) atoms. The van der Waals surface area contributed by atoms with Crippen LogP contribution in [0.3, 0.4) is 0 Å². The predicted octanol–water partition coefficient (Wildman–Crippen LogP) is 4.34. The highest BCUT2D eigenvalue weighted by Crippen LogP contribution is 2.50. The van der Waals surface area contributed by atoms with Crippen molar-refractivity contribution in [3.8, 4) is 17.2 Å². The number of methoxy groups -OCH3 is 2. The van der Waals surface area contributed by atoms with Crippen LogP contribution in [0.4, 0.5) is 0 Å². The Morgan fingerprint density at radius 1 is 1.00 bits per heavy atom. The molecule has 2 unspecified atom stereocenters. The number of rotatable bonds is 4. The molecule has 146 valence electrons. The fraction of sp³-hybridized carbons (Fsp3) is 0.217. The van der Waals surface area contributed by atoms with E-state index in [0.717, 1.165) is 46.1 Å². The van der Waals surface area contributed by atoms with Gasteiger partial charge in [-0.25, -0.2) is 5.01 Å². The van der Waals surface area contributed by atoms with Gasteiger partial charge in [0.1, 0.15) is 5.75 Å². The zero-order valence-electron chi connectivity index (χ0n) is 16.3. The van der Waals surface area contributed by atoms with E-state index < -0.39 is 0 Å². The summed E-state index contributed by atoms with van der Waals surface area (Å²) >= 11 is 0. The van der Waals surface area contributed by atoms with E-state index in [1.54, 1.807) is 20.4 Å². The van der Waals surface area contributed by atoms with Gasteiger partial charge in [-0.1, -0.05) is 18.2 Å². The molecule has 5 rings (SSSR count). The fourth-order valence-corrected chi connectivity index (χ4v) is 3.94. The first-order valence-electron chi connectivity index (χ1n) is 9.52. The van der Waals surface area contributed by atoms with Crippen LogP contribution < -0.4 is 14.2 Å². The van der Waals surface area contributed by atoms with Crippen molar-refractivity contribution in [2.45, 2.75) is 18.7 Å². The Morgan fingerprint density at radius 2 is 1.86 bits per heavy atom.